The van der Waals surface area contributed by atoms with E-state index in [-0.39, 0.29) is 5.82 Å². The first kappa shape index (κ1) is 15.1. The molecule has 0 amide bonds. The molecule has 0 spiro atoms. The molecule has 24 heavy (non-hydrogen) atoms. The summed E-state index contributed by atoms with van der Waals surface area (Å²) in [4.78, 5) is 4.76. The van der Waals surface area contributed by atoms with Crippen LogP contribution in [0.1, 0.15) is 48.0 Å². The van der Waals surface area contributed by atoms with Gasteiger partial charge in [-0.05, 0) is 48.9 Å². The maximum Gasteiger partial charge on any atom is 0.154 e. The van der Waals surface area contributed by atoms with Gasteiger partial charge in [0.1, 0.15) is 11.6 Å². The van der Waals surface area contributed by atoms with E-state index in [1.54, 1.807) is 0 Å². The van der Waals surface area contributed by atoms with Gasteiger partial charge in [0.05, 0.1) is 12.7 Å². The largest absolute Gasteiger partial charge is 0.285 e. The number of benzene rings is 1. The quantitative estimate of drug-likeness (QED) is 0.725. The van der Waals surface area contributed by atoms with Gasteiger partial charge < -0.3 is 0 Å². The summed E-state index contributed by atoms with van der Waals surface area (Å²) < 4.78 is 15.1. The molecule has 1 aromatic carbocycles. The number of H-pyrrole nitrogens is 1. The predicted molar refractivity (Wildman–Crippen MR) is 88.1 cm³/mol. The Morgan fingerprint density at radius 3 is 2.67 bits per heavy atom. The molecule has 5 nitrogen and oxygen atoms in total. The SMILES string of the molecule is Fc1ccc(Cn2nc(C3CC3)nc2CCCc2cn[nH]c2)cc1. The highest BCUT2D eigenvalue weighted by Crippen LogP contribution is 2.38. The second-order valence-electron chi connectivity index (χ2n) is 6.40. The van der Waals surface area contributed by atoms with Gasteiger partial charge in [0, 0.05) is 18.5 Å². The summed E-state index contributed by atoms with van der Waals surface area (Å²) in [6.45, 7) is 0.640. The average molecular weight is 325 g/mol. The minimum Gasteiger partial charge on any atom is -0.285 e. The van der Waals surface area contributed by atoms with Crippen LogP contribution in [0.4, 0.5) is 4.39 Å². The Morgan fingerprint density at radius 2 is 1.96 bits per heavy atom. The number of nitrogens with zero attached hydrogens (tertiary/aromatic N) is 4. The van der Waals surface area contributed by atoms with Crippen molar-refractivity contribution in [2.75, 3.05) is 0 Å². The molecule has 0 unspecified atom stereocenters. The van der Waals surface area contributed by atoms with Crippen LogP contribution in [0.3, 0.4) is 0 Å². The number of aromatic nitrogens is 5. The summed E-state index contributed by atoms with van der Waals surface area (Å²) >= 11 is 0. The Kier molecular flexibility index (Phi) is 4.11. The molecule has 6 heteroatoms. The molecule has 0 aliphatic heterocycles. The molecular formula is C18H20FN5. The molecule has 0 radical (unpaired) electrons. The van der Waals surface area contributed by atoms with Gasteiger partial charge in [-0.25, -0.2) is 14.1 Å². The molecule has 1 aliphatic rings. The van der Waals surface area contributed by atoms with Crippen molar-refractivity contribution >= 4 is 0 Å². The van der Waals surface area contributed by atoms with E-state index in [0.29, 0.717) is 12.5 Å². The van der Waals surface area contributed by atoms with Crippen molar-refractivity contribution in [3.8, 4) is 0 Å². The van der Waals surface area contributed by atoms with Crippen LogP contribution in [0.25, 0.3) is 0 Å². The Morgan fingerprint density at radius 1 is 1.12 bits per heavy atom. The maximum absolute atomic E-state index is 13.1. The van der Waals surface area contributed by atoms with Gasteiger partial charge in [-0.1, -0.05) is 12.1 Å². The Hall–Kier alpha value is -2.50. The monoisotopic (exact) mass is 325 g/mol. The molecule has 3 aromatic rings. The Bertz CT molecular complexity index is 787. The summed E-state index contributed by atoms with van der Waals surface area (Å²) in [5.74, 6) is 2.31. The number of hydrogen-bond acceptors (Lipinski definition) is 3. The molecule has 1 N–H and O–H groups in total. The first-order valence-electron chi connectivity index (χ1n) is 8.43. The fraction of sp³-hybridized carbons (Fsp3) is 0.389. The number of hydrogen-bond donors (Lipinski definition) is 1. The van der Waals surface area contributed by atoms with Gasteiger partial charge in [0.25, 0.3) is 0 Å². The lowest BCUT2D eigenvalue weighted by atomic mass is 10.1. The van der Waals surface area contributed by atoms with Crippen molar-refractivity contribution in [3.05, 3.63) is 65.3 Å². The zero-order valence-corrected chi connectivity index (χ0v) is 13.5. The van der Waals surface area contributed by atoms with E-state index in [0.717, 1.165) is 36.5 Å². The van der Waals surface area contributed by atoms with Gasteiger partial charge in [0.2, 0.25) is 0 Å². The second-order valence-corrected chi connectivity index (χ2v) is 6.40. The summed E-state index contributed by atoms with van der Waals surface area (Å²) in [6, 6.07) is 6.60. The van der Waals surface area contributed by atoms with Crippen molar-refractivity contribution in [1.29, 1.82) is 0 Å². The maximum atomic E-state index is 13.1. The number of halogens is 1. The molecule has 0 bridgehead atoms. The highest BCUT2D eigenvalue weighted by Gasteiger charge is 2.28. The molecule has 0 atom stereocenters. The van der Waals surface area contributed by atoms with Gasteiger partial charge in [-0.3, -0.25) is 5.10 Å². The van der Waals surface area contributed by atoms with Crippen LogP contribution >= 0.6 is 0 Å². The zero-order valence-electron chi connectivity index (χ0n) is 13.5. The summed E-state index contributed by atoms with van der Waals surface area (Å²) in [6.07, 6.45) is 9.03. The summed E-state index contributed by atoms with van der Waals surface area (Å²) in [7, 11) is 0. The summed E-state index contributed by atoms with van der Waals surface area (Å²) in [5.41, 5.74) is 2.25. The van der Waals surface area contributed by atoms with E-state index in [1.807, 2.05) is 29.2 Å². The van der Waals surface area contributed by atoms with Gasteiger partial charge in [0.15, 0.2) is 5.82 Å². The number of aromatic amines is 1. The van der Waals surface area contributed by atoms with Crippen LogP contribution in [-0.4, -0.2) is 25.0 Å². The lowest BCUT2D eigenvalue weighted by Gasteiger charge is -2.06. The van der Waals surface area contributed by atoms with Crippen molar-refractivity contribution in [1.82, 2.24) is 25.0 Å². The molecule has 1 aliphatic carbocycles. The Balaban J connectivity index is 1.47. The van der Waals surface area contributed by atoms with Crippen LogP contribution in [-0.2, 0) is 19.4 Å². The van der Waals surface area contributed by atoms with E-state index >= 15 is 0 Å². The molecule has 124 valence electrons. The molecule has 0 saturated heterocycles. The van der Waals surface area contributed by atoms with Gasteiger partial charge in [-0.2, -0.15) is 10.2 Å². The molecule has 2 heterocycles. The molecule has 4 rings (SSSR count). The van der Waals surface area contributed by atoms with E-state index in [4.69, 9.17) is 10.1 Å². The Labute approximate surface area is 139 Å². The minimum atomic E-state index is -0.212. The highest BCUT2D eigenvalue weighted by atomic mass is 19.1. The third-order valence-corrected chi connectivity index (χ3v) is 4.37. The van der Waals surface area contributed by atoms with E-state index in [9.17, 15) is 4.39 Å². The van der Waals surface area contributed by atoms with Crippen LogP contribution in [0.5, 0.6) is 0 Å². The molecular weight excluding hydrogens is 305 g/mol. The first-order chi connectivity index (χ1) is 11.8. The number of nitrogens with one attached hydrogen (secondary N) is 1. The number of aryl methyl sites for hydroxylation is 2. The third kappa shape index (κ3) is 3.53. The summed E-state index contributed by atoms with van der Waals surface area (Å²) in [5, 5.41) is 11.5. The van der Waals surface area contributed by atoms with Gasteiger partial charge >= 0.3 is 0 Å². The van der Waals surface area contributed by atoms with Crippen LogP contribution in [0.2, 0.25) is 0 Å². The standard InChI is InChI=1S/C18H20FN5/c19-16-8-4-13(5-9-16)12-24-17(22-18(23-24)15-6-7-15)3-1-2-14-10-20-21-11-14/h4-5,8-11,15H,1-3,6-7,12H2,(H,20,21). The number of rotatable bonds is 7. The second kappa shape index (κ2) is 6.55. The molecule has 1 fully saturated rings. The molecule has 1 saturated carbocycles. The fourth-order valence-corrected chi connectivity index (χ4v) is 2.85. The fourth-order valence-electron chi connectivity index (χ4n) is 2.85. The topological polar surface area (TPSA) is 59.4 Å². The lowest BCUT2D eigenvalue weighted by molar-refractivity contribution is 0.609. The van der Waals surface area contributed by atoms with Crippen LogP contribution < -0.4 is 0 Å². The predicted octanol–water partition coefficient (Wildman–Crippen LogP) is 3.24. The molecule has 2 aromatic heterocycles. The smallest absolute Gasteiger partial charge is 0.154 e. The zero-order chi connectivity index (χ0) is 16.4. The van der Waals surface area contributed by atoms with Crippen molar-refractivity contribution in [3.63, 3.8) is 0 Å². The van der Waals surface area contributed by atoms with Crippen LogP contribution in [0.15, 0.2) is 36.7 Å². The van der Waals surface area contributed by atoms with Gasteiger partial charge in [-0.15, -0.1) is 0 Å². The van der Waals surface area contributed by atoms with E-state index < -0.39 is 0 Å². The lowest BCUT2D eigenvalue weighted by Crippen LogP contribution is -2.07. The minimum absolute atomic E-state index is 0.212. The van der Waals surface area contributed by atoms with E-state index in [1.165, 1.54) is 30.5 Å². The van der Waals surface area contributed by atoms with Crippen molar-refractivity contribution < 1.29 is 4.39 Å². The third-order valence-electron chi connectivity index (χ3n) is 4.37. The van der Waals surface area contributed by atoms with Crippen molar-refractivity contribution in [2.45, 2.75) is 44.6 Å². The van der Waals surface area contributed by atoms with E-state index in [2.05, 4.69) is 10.2 Å². The van der Waals surface area contributed by atoms with Crippen LogP contribution in [0, 0.1) is 5.82 Å². The average Bonchev–Trinajstić information content (AvgIpc) is 3.16. The highest BCUT2D eigenvalue weighted by molar-refractivity contribution is 5.17. The first-order valence-corrected chi connectivity index (χ1v) is 8.43. The normalized spacial score (nSPS) is 14.2. The van der Waals surface area contributed by atoms with Crippen molar-refractivity contribution in [2.24, 2.45) is 0 Å².